The van der Waals surface area contributed by atoms with E-state index in [1.807, 2.05) is 19.9 Å². The van der Waals surface area contributed by atoms with Gasteiger partial charge < -0.3 is 4.74 Å². The van der Waals surface area contributed by atoms with E-state index in [0.717, 1.165) is 11.1 Å². The molecule has 0 radical (unpaired) electrons. The Balaban J connectivity index is 0.000000861. The van der Waals surface area contributed by atoms with Crippen LogP contribution in [0.5, 0.6) is 0 Å². The summed E-state index contributed by atoms with van der Waals surface area (Å²) in [4.78, 5) is 15.3. The van der Waals surface area contributed by atoms with Gasteiger partial charge in [-0.2, -0.15) is 0 Å². The SMILES string of the molecule is CC.COC(=O)c1cc(-c2cccnc2)ccc1F. The highest BCUT2D eigenvalue weighted by atomic mass is 19.1. The molecule has 1 aromatic heterocycles. The van der Waals surface area contributed by atoms with Crippen molar-refractivity contribution in [2.24, 2.45) is 0 Å². The maximum atomic E-state index is 13.4. The second kappa shape index (κ2) is 7.26. The third-order valence-electron chi connectivity index (χ3n) is 2.37. The minimum atomic E-state index is -0.687. The molecule has 0 aliphatic rings. The largest absolute Gasteiger partial charge is 0.465 e. The lowest BCUT2D eigenvalue weighted by Gasteiger charge is -2.05. The standard InChI is InChI=1S/C13H10FNO2.C2H6/c1-17-13(16)11-7-9(4-5-12(11)14)10-3-2-6-15-8-10;1-2/h2-8H,1H3;1-2H3. The molecule has 0 bridgehead atoms. The highest BCUT2D eigenvalue weighted by Crippen LogP contribution is 2.21. The van der Waals surface area contributed by atoms with Gasteiger partial charge in [-0.25, -0.2) is 9.18 Å². The fraction of sp³-hybridized carbons (Fsp3) is 0.200. The van der Waals surface area contributed by atoms with Gasteiger partial charge in [0.05, 0.1) is 12.7 Å². The third-order valence-corrected chi connectivity index (χ3v) is 2.37. The van der Waals surface area contributed by atoms with Crippen LogP contribution in [-0.2, 0) is 4.74 Å². The molecule has 1 heterocycles. The van der Waals surface area contributed by atoms with Gasteiger partial charge in [0.1, 0.15) is 5.82 Å². The van der Waals surface area contributed by atoms with Crippen molar-refractivity contribution in [3.8, 4) is 11.1 Å². The highest BCUT2D eigenvalue weighted by Gasteiger charge is 2.13. The van der Waals surface area contributed by atoms with E-state index in [-0.39, 0.29) is 5.56 Å². The van der Waals surface area contributed by atoms with Crippen LogP contribution in [0.4, 0.5) is 4.39 Å². The summed E-state index contributed by atoms with van der Waals surface area (Å²) in [6.45, 7) is 4.00. The Morgan fingerprint density at radius 1 is 1.21 bits per heavy atom. The molecule has 0 unspecified atom stereocenters. The molecule has 0 N–H and O–H groups in total. The monoisotopic (exact) mass is 261 g/mol. The van der Waals surface area contributed by atoms with Crippen molar-refractivity contribution in [2.75, 3.05) is 7.11 Å². The van der Waals surface area contributed by atoms with E-state index < -0.39 is 11.8 Å². The summed E-state index contributed by atoms with van der Waals surface area (Å²) >= 11 is 0. The van der Waals surface area contributed by atoms with Crippen LogP contribution in [-0.4, -0.2) is 18.1 Å². The van der Waals surface area contributed by atoms with E-state index in [1.54, 1.807) is 24.5 Å². The molecule has 3 nitrogen and oxygen atoms in total. The first-order valence-electron chi connectivity index (χ1n) is 6.00. The van der Waals surface area contributed by atoms with Crippen LogP contribution < -0.4 is 0 Å². The maximum Gasteiger partial charge on any atom is 0.340 e. The molecule has 2 rings (SSSR count). The number of esters is 1. The van der Waals surface area contributed by atoms with Crippen molar-refractivity contribution >= 4 is 5.97 Å². The quantitative estimate of drug-likeness (QED) is 0.774. The van der Waals surface area contributed by atoms with E-state index in [2.05, 4.69) is 9.72 Å². The zero-order chi connectivity index (χ0) is 14.3. The summed E-state index contributed by atoms with van der Waals surface area (Å²) in [5.74, 6) is -1.28. The van der Waals surface area contributed by atoms with E-state index in [1.165, 1.54) is 19.2 Å². The first-order chi connectivity index (χ1) is 9.22. The minimum absolute atomic E-state index is 0.0751. The number of hydrogen-bond donors (Lipinski definition) is 0. The average Bonchev–Trinajstić information content (AvgIpc) is 2.50. The predicted molar refractivity (Wildman–Crippen MR) is 72.3 cm³/mol. The number of carbonyl (C=O) groups excluding carboxylic acids is 1. The predicted octanol–water partition coefficient (Wildman–Crippen LogP) is 3.70. The minimum Gasteiger partial charge on any atom is -0.465 e. The van der Waals surface area contributed by atoms with Gasteiger partial charge in [-0.15, -0.1) is 0 Å². The number of carbonyl (C=O) groups is 1. The van der Waals surface area contributed by atoms with Crippen LogP contribution in [0.15, 0.2) is 42.7 Å². The zero-order valence-corrected chi connectivity index (χ0v) is 11.2. The first kappa shape index (κ1) is 14.8. The van der Waals surface area contributed by atoms with Gasteiger partial charge in [0.2, 0.25) is 0 Å². The zero-order valence-electron chi connectivity index (χ0n) is 11.2. The number of rotatable bonds is 2. The fourth-order valence-corrected chi connectivity index (χ4v) is 1.50. The van der Waals surface area contributed by atoms with E-state index in [0.29, 0.717) is 0 Å². The van der Waals surface area contributed by atoms with E-state index in [4.69, 9.17) is 0 Å². The smallest absolute Gasteiger partial charge is 0.340 e. The molecule has 0 aliphatic carbocycles. The molecule has 19 heavy (non-hydrogen) atoms. The Bertz CT molecular complexity index is 541. The molecule has 0 aliphatic heterocycles. The van der Waals surface area contributed by atoms with E-state index in [9.17, 15) is 9.18 Å². The second-order valence-electron chi connectivity index (χ2n) is 3.43. The Morgan fingerprint density at radius 3 is 2.53 bits per heavy atom. The molecule has 0 atom stereocenters. The molecular formula is C15H16FNO2. The van der Waals surface area contributed by atoms with Gasteiger partial charge in [0, 0.05) is 18.0 Å². The van der Waals surface area contributed by atoms with Crippen molar-refractivity contribution < 1.29 is 13.9 Å². The number of ether oxygens (including phenoxy) is 1. The van der Waals surface area contributed by atoms with Crippen molar-refractivity contribution in [3.63, 3.8) is 0 Å². The molecule has 0 fully saturated rings. The van der Waals surface area contributed by atoms with Gasteiger partial charge in [0.25, 0.3) is 0 Å². The molecule has 2 aromatic rings. The topological polar surface area (TPSA) is 39.2 Å². The number of nitrogens with zero attached hydrogens (tertiary/aromatic N) is 1. The van der Waals surface area contributed by atoms with Crippen molar-refractivity contribution in [3.05, 3.63) is 54.1 Å². The average molecular weight is 261 g/mol. The lowest BCUT2D eigenvalue weighted by molar-refractivity contribution is 0.0595. The summed E-state index contributed by atoms with van der Waals surface area (Å²) in [5, 5.41) is 0. The Labute approximate surface area is 112 Å². The van der Waals surface area contributed by atoms with Gasteiger partial charge in [0.15, 0.2) is 0 Å². The first-order valence-corrected chi connectivity index (χ1v) is 6.00. The highest BCUT2D eigenvalue weighted by molar-refractivity contribution is 5.91. The Kier molecular flexibility index (Phi) is 5.67. The number of aromatic nitrogens is 1. The van der Waals surface area contributed by atoms with Crippen molar-refractivity contribution in [2.45, 2.75) is 13.8 Å². The van der Waals surface area contributed by atoms with Gasteiger partial charge in [-0.05, 0) is 23.8 Å². The van der Waals surface area contributed by atoms with E-state index >= 15 is 0 Å². The third kappa shape index (κ3) is 3.61. The van der Waals surface area contributed by atoms with Crippen LogP contribution in [0.25, 0.3) is 11.1 Å². The Hall–Kier alpha value is -2.23. The summed E-state index contributed by atoms with van der Waals surface area (Å²) in [6.07, 6.45) is 3.29. The molecule has 4 heteroatoms. The Morgan fingerprint density at radius 2 is 1.95 bits per heavy atom. The number of pyridine rings is 1. The van der Waals surface area contributed by atoms with Gasteiger partial charge >= 0.3 is 5.97 Å². The molecule has 0 saturated heterocycles. The fourth-order valence-electron chi connectivity index (χ4n) is 1.50. The second-order valence-corrected chi connectivity index (χ2v) is 3.43. The van der Waals surface area contributed by atoms with Gasteiger partial charge in [-0.1, -0.05) is 26.0 Å². The van der Waals surface area contributed by atoms with Crippen LogP contribution in [0, 0.1) is 5.82 Å². The summed E-state index contributed by atoms with van der Waals surface area (Å²) in [7, 11) is 1.22. The summed E-state index contributed by atoms with van der Waals surface area (Å²) in [6, 6.07) is 7.91. The van der Waals surface area contributed by atoms with Crippen LogP contribution >= 0.6 is 0 Å². The summed E-state index contributed by atoms with van der Waals surface area (Å²) < 4.78 is 17.9. The maximum absolute atomic E-state index is 13.4. The summed E-state index contributed by atoms with van der Waals surface area (Å²) in [5.41, 5.74) is 1.46. The normalized spacial score (nSPS) is 9.26. The number of benzene rings is 1. The molecular weight excluding hydrogens is 245 g/mol. The van der Waals surface area contributed by atoms with Crippen molar-refractivity contribution in [1.29, 1.82) is 0 Å². The lowest BCUT2D eigenvalue weighted by atomic mass is 10.0. The van der Waals surface area contributed by atoms with Gasteiger partial charge in [-0.3, -0.25) is 4.98 Å². The number of methoxy groups -OCH3 is 1. The molecule has 0 spiro atoms. The van der Waals surface area contributed by atoms with Crippen LogP contribution in [0.2, 0.25) is 0 Å². The molecule has 0 saturated carbocycles. The van der Waals surface area contributed by atoms with Crippen LogP contribution in [0.1, 0.15) is 24.2 Å². The molecule has 100 valence electrons. The number of halogens is 1. The molecule has 1 aromatic carbocycles. The number of hydrogen-bond acceptors (Lipinski definition) is 3. The molecule has 0 amide bonds. The van der Waals surface area contributed by atoms with Crippen LogP contribution in [0.3, 0.4) is 0 Å². The lowest BCUT2D eigenvalue weighted by Crippen LogP contribution is -2.04. The van der Waals surface area contributed by atoms with Crippen molar-refractivity contribution in [1.82, 2.24) is 4.98 Å².